The summed E-state index contributed by atoms with van der Waals surface area (Å²) < 4.78 is 0. The molecule has 0 aromatic carbocycles. The molecule has 1 fully saturated rings. The largest absolute Gasteiger partial charge is 0.393 e. The molecule has 1 saturated carbocycles. The van der Waals surface area contributed by atoms with Crippen molar-refractivity contribution in [2.75, 3.05) is 0 Å². The van der Waals surface area contributed by atoms with E-state index in [-0.39, 0.29) is 12.2 Å². The quantitative estimate of drug-likeness (QED) is 0.632. The van der Waals surface area contributed by atoms with E-state index in [0.29, 0.717) is 5.92 Å². The fraction of sp³-hybridized carbons (Fsp3) is 1.00. The van der Waals surface area contributed by atoms with Gasteiger partial charge in [-0.1, -0.05) is 13.3 Å². The molecule has 2 atom stereocenters. The Morgan fingerprint density at radius 3 is 2.00 bits per heavy atom. The van der Waals surface area contributed by atoms with Crippen LogP contribution in [-0.2, 0) is 0 Å². The van der Waals surface area contributed by atoms with Crippen molar-refractivity contribution in [1.29, 1.82) is 0 Å². The van der Waals surface area contributed by atoms with Crippen molar-refractivity contribution in [3.63, 3.8) is 0 Å². The predicted molar refractivity (Wildman–Crippen MR) is 48.9 cm³/mol. The number of rotatable bonds is 1. The van der Waals surface area contributed by atoms with Crippen molar-refractivity contribution in [1.82, 2.24) is 0 Å². The van der Waals surface area contributed by atoms with Crippen molar-refractivity contribution < 1.29 is 10.2 Å². The van der Waals surface area contributed by atoms with Gasteiger partial charge in [0, 0.05) is 0 Å². The first kappa shape index (κ1) is 10.0. The lowest BCUT2D eigenvalue weighted by Gasteiger charge is -2.25. The molecule has 72 valence electrons. The summed E-state index contributed by atoms with van der Waals surface area (Å²) >= 11 is 0. The Labute approximate surface area is 74.6 Å². The molecule has 2 N–H and O–H groups in total. The molecule has 2 heteroatoms. The molecule has 12 heavy (non-hydrogen) atoms. The third-order valence-electron chi connectivity index (χ3n) is 2.86. The highest BCUT2D eigenvalue weighted by Gasteiger charge is 2.19. The summed E-state index contributed by atoms with van der Waals surface area (Å²) in [6.45, 7) is 2.13. The fourth-order valence-corrected chi connectivity index (χ4v) is 2.02. The lowest BCUT2D eigenvalue weighted by Crippen LogP contribution is -2.22. The van der Waals surface area contributed by atoms with E-state index in [1.54, 1.807) is 0 Å². The smallest absolute Gasteiger partial charge is 0.0543 e. The first-order valence-corrected chi connectivity index (χ1v) is 5.08. The van der Waals surface area contributed by atoms with Crippen LogP contribution in [0.4, 0.5) is 0 Å². The van der Waals surface area contributed by atoms with Gasteiger partial charge in [-0.25, -0.2) is 0 Å². The van der Waals surface area contributed by atoms with Crippen LogP contribution in [-0.4, -0.2) is 22.4 Å². The van der Waals surface area contributed by atoms with Crippen LogP contribution in [0.15, 0.2) is 0 Å². The Bertz CT molecular complexity index is 113. The van der Waals surface area contributed by atoms with Crippen LogP contribution in [0.2, 0.25) is 0 Å². The van der Waals surface area contributed by atoms with E-state index < -0.39 is 0 Å². The first-order chi connectivity index (χ1) is 5.72. The average molecular weight is 172 g/mol. The molecule has 0 heterocycles. The van der Waals surface area contributed by atoms with Crippen LogP contribution in [0.1, 0.15) is 45.4 Å². The molecule has 1 rings (SSSR count). The maximum Gasteiger partial charge on any atom is 0.0543 e. The van der Waals surface area contributed by atoms with Crippen molar-refractivity contribution in [2.45, 2.75) is 57.7 Å². The summed E-state index contributed by atoms with van der Waals surface area (Å²) in [5.41, 5.74) is 0. The summed E-state index contributed by atoms with van der Waals surface area (Å²) in [5.74, 6) is 0.523. The average Bonchev–Trinajstić information content (AvgIpc) is 2.00. The second-order valence-corrected chi connectivity index (χ2v) is 3.98. The highest BCUT2D eigenvalue weighted by molar-refractivity contribution is 4.72. The highest BCUT2D eigenvalue weighted by atomic mass is 16.3. The molecular formula is C10H20O2. The van der Waals surface area contributed by atoms with E-state index in [2.05, 4.69) is 6.92 Å². The minimum absolute atomic E-state index is 0.123. The van der Waals surface area contributed by atoms with Crippen molar-refractivity contribution >= 4 is 0 Å². The van der Waals surface area contributed by atoms with E-state index in [9.17, 15) is 10.2 Å². The SMILES string of the molecule is CCC1CC(O)CCCC(O)C1. The summed E-state index contributed by atoms with van der Waals surface area (Å²) in [6, 6.07) is 0. The van der Waals surface area contributed by atoms with Gasteiger partial charge in [0.25, 0.3) is 0 Å². The summed E-state index contributed by atoms with van der Waals surface area (Å²) in [7, 11) is 0. The molecule has 0 radical (unpaired) electrons. The zero-order valence-corrected chi connectivity index (χ0v) is 7.87. The Morgan fingerprint density at radius 1 is 1.08 bits per heavy atom. The van der Waals surface area contributed by atoms with E-state index in [0.717, 1.165) is 38.5 Å². The molecular weight excluding hydrogens is 152 g/mol. The van der Waals surface area contributed by atoms with Crippen LogP contribution in [0, 0.1) is 5.92 Å². The van der Waals surface area contributed by atoms with Crippen molar-refractivity contribution in [3.05, 3.63) is 0 Å². The van der Waals surface area contributed by atoms with Gasteiger partial charge in [0.2, 0.25) is 0 Å². The van der Waals surface area contributed by atoms with Gasteiger partial charge >= 0.3 is 0 Å². The maximum atomic E-state index is 9.52. The van der Waals surface area contributed by atoms with Gasteiger partial charge in [-0.15, -0.1) is 0 Å². The molecule has 0 aromatic rings. The third kappa shape index (κ3) is 3.11. The second-order valence-electron chi connectivity index (χ2n) is 3.98. The minimum atomic E-state index is -0.123. The zero-order valence-electron chi connectivity index (χ0n) is 7.87. The van der Waals surface area contributed by atoms with Crippen LogP contribution in [0.5, 0.6) is 0 Å². The van der Waals surface area contributed by atoms with Gasteiger partial charge in [0.1, 0.15) is 0 Å². The lowest BCUT2D eigenvalue weighted by molar-refractivity contribution is 0.0666. The molecule has 0 aromatic heterocycles. The highest BCUT2D eigenvalue weighted by Crippen LogP contribution is 2.24. The van der Waals surface area contributed by atoms with E-state index in [1.165, 1.54) is 0 Å². The molecule has 0 aliphatic heterocycles. The molecule has 2 nitrogen and oxygen atoms in total. The molecule has 0 bridgehead atoms. The van der Waals surface area contributed by atoms with Gasteiger partial charge in [-0.2, -0.15) is 0 Å². The number of aliphatic hydroxyl groups is 2. The van der Waals surface area contributed by atoms with Crippen LogP contribution < -0.4 is 0 Å². The number of hydrogen-bond donors (Lipinski definition) is 2. The molecule has 0 spiro atoms. The fourth-order valence-electron chi connectivity index (χ4n) is 2.02. The predicted octanol–water partition coefficient (Wildman–Crippen LogP) is 1.70. The third-order valence-corrected chi connectivity index (χ3v) is 2.86. The van der Waals surface area contributed by atoms with Gasteiger partial charge in [-0.05, 0) is 38.0 Å². The normalized spacial score (nSPS) is 38.8. The van der Waals surface area contributed by atoms with Crippen LogP contribution in [0.25, 0.3) is 0 Å². The molecule has 0 saturated heterocycles. The zero-order chi connectivity index (χ0) is 8.97. The standard InChI is InChI=1S/C10H20O2/c1-2-8-6-9(11)4-3-5-10(12)7-8/h8-12H,2-7H2,1H3. The Balaban J connectivity index is 2.39. The summed E-state index contributed by atoms with van der Waals surface area (Å²) in [5, 5.41) is 19.0. The second kappa shape index (κ2) is 4.83. The van der Waals surface area contributed by atoms with Gasteiger partial charge in [0.05, 0.1) is 12.2 Å². The Morgan fingerprint density at radius 2 is 1.58 bits per heavy atom. The number of hydrogen-bond acceptors (Lipinski definition) is 2. The molecule has 2 unspecified atom stereocenters. The van der Waals surface area contributed by atoms with Gasteiger partial charge in [-0.3, -0.25) is 0 Å². The van der Waals surface area contributed by atoms with E-state index >= 15 is 0 Å². The van der Waals surface area contributed by atoms with Gasteiger partial charge < -0.3 is 10.2 Å². The molecule has 0 amide bonds. The maximum absolute atomic E-state index is 9.52. The topological polar surface area (TPSA) is 40.5 Å². The monoisotopic (exact) mass is 172 g/mol. The van der Waals surface area contributed by atoms with Gasteiger partial charge in [0.15, 0.2) is 0 Å². The van der Waals surface area contributed by atoms with Crippen molar-refractivity contribution in [2.24, 2.45) is 5.92 Å². The lowest BCUT2D eigenvalue weighted by atomic mass is 9.86. The number of aliphatic hydroxyl groups excluding tert-OH is 2. The minimum Gasteiger partial charge on any atom is -0.393 e. The van der Waals surface area contributed by atoms with Crippen molar-refractivity contribution in [3.8, 4) is 0 Å². The van der Waals surface area contributed by atoms with E-state index in [4.69, 9.17) is 0 Å². The molecule has 1 aliphatic rings. The summed E-state index contributed by atoms with van der Waals surface area (Å²) in [6.07, 6.45) is 5.31. The van der Waals surface area contributed by atoms with Crippen LogP contribution >= 0.6 is 0 Å². The Kier molecular flexibility index (Phi) is 4.02. The first-order valence-electron chi connectivity index (χ1n) is 5.08. The van der Waals surface area contributed by atoms with Crippen LogP contribution in [0.3, 0.4) is 0 Å². The van der Waals surface area contributed by atoms with E-state index in [1.807, 2.05) is 0 Å². The Hall–Kier alpha value is -0.0800. The molecule has 1 aliphatic carbocycles. The summed E-state index contributed by atoms with van der Waals surface area (Å²) in [4.78, 5) is 0.